The van der Waals surface area contributed by atoms with Crippen molar-refractivity contribution in [3.05, 3.63) is 11.6 Å². The molecule has 3 aliphatic carbocycles. The Morgan fingerprint density at radius 1 is 1.31 bits per heavy atom. The fourth-order valence-corrected chi connectivity index (χ4v) is 8.12. The summed E-state index contributed by atoms with van der Waals surface area (Å²) in [5, 5.41) is 44.8. The maximum atomic E-state index is 13.3. The Bertz CT molecular complexity index is 1020. The van der Waals surface area contributed by atoms with Crippen LogP contribution in [0.5, 0.6) is 0 Å². The van der Waals surface area contributed by atoms with E-state index in [1.807, 2.05) is 0 Å². The Balaban J connectivity index is 1.69. The van der Waals surface area contributed by atoms with Crippen molar-refractivity contribution in [1.82, 2.24) is 0 Å². The van der Waals surface area contributed by atoms with Crippen LogP contribution in [-0.4, -0.2) is 80.6 Å². The fraction of sp³-hybridized carbons (Fsp3) is 0.800. The number of esters is 2. The Morgan fingerprint density at radius 2 is 1.97 bits per heavy atom. The van der Waals surface area contributed by atoms with Gasteiger partial charge in [-0.3, -0.25) is 4.79 Å². The molecule has 0 amide bonds. The molecule has 35 heavy (non-hydrogen) atoms. The summed E-state index contributed by atoms with van der Waals surface area (Å²) in [5.74, 6) is -7.47. The summed E-state index contributed by atoms with van der Waals surface area (Å²) in [5.41, 5.74) is -3.54. The average molecular weight is 495 g/mol. The van der Waals surface area contributed by atoms with Crippen LogP contribution in [0.4, 0.5) is 0 Å². The third-order valence-corrected chi connectivity index (χ3v) is 9.99. The Hall–Kier alpha value is -1.85. The number of aliphatic hydroxyl groups is 4. The molecule has 5 rings (SSSR count). The van der Waals surface area contributed by atoms with Crippen LogP contribution in [-0.2, 0) is 28.6 Å². The number of carbonyl (C=O) groups is 3. The van der Waals surface area contributed by atoms with Gasteiger partial charge in [0.2, 0.25) is 6.10 Å². The SMILES string of the molecule is CCC(C)(O)C(=O)O[C@H]1C(=O)O[C@@H]2C[C@H]3C(C)=CC(=O)[C@@H](O)[C@]3(C)[C@H]3C4(O)OC[C@]32[C@@H]1[C@@H](C)[C@H]4O. The third-order valence-electron chi connectivity index (χ3n) is 9.99. The first kappa shape index (κ1) is 24.8. The molecule has 2 saturated heterocycles. The first-order chi connectivity index (χ1) is 16.2. The molecule has 0 aromatic heterocycles. The van der Waals surface area contributed by atoms with Crippen molar-refractivity contribution in [2.75, 3.05) is 6.61 Å². The molecule has 12 atom stereocenters. The highest BCUT2D eigenvalue weighted by atomic mass is 16.7. The molecule has 10 nitrogen and oxygen atoms in total. The monoisotopic (exact) mass is 494 g/mol. The van der Waals surface area contributed by atoms with Gasteiger partial charge in [0.15, 0.2) is 17.2 Å². The minimum Gasteiger partial charge on any atom is -0.459 e. The molecule has 2 saturated carbocycles. The van der Waals surface area contributed by atoms with Crippen LogP contribution in [0, 0.1) is 34.5 Å². The fourth-order valence-electron chi connectivity index (χ4n) is 8.12. The number of carbonyl (C=O) groups excluding carboxylic acids is 3. The number of hydrogen-bond acceptors (Lipinski definition) is 10. The van der Waals surface area contributed by atoms with E-state index < -0.39 is 88.0 Å². The number of ether oxygens (including phenoxy) is 3. The lowest BCUT2D eigenvalue weighted by Crippen LogP contribution is -2.78. The van der Waals surface area contributed by atoms with Crippen LogP contribution >= 0.6 is 0 Å². The Morgan fingerprint density at radius 3 is 2.60 bits per heavy atom. The van der Waals surface area contributed by atoms with E-state index in [4.69, 9.17) is 14.2 Å². The first-order valence-electron chi connectivity index (χ1n) is 12.3. The molecule has 10 heteroatoms. The number of fused-ring (bicyclic) bond motifs is 1. The normalized spacial score (nSPS) is 52.0. The zero-order valence-electron chi connectivity index (χ0n) is 20.6. The summed E-state index contributed by atoms with van der Waals surface area (Å²) in [6.45, 7) is 7.88. The second-order valence-corrected chi connectivity index (χ2v) is 11.6. The standard InChI is InChI=1S/C25H34O10/c1-6-22(4,31)21(30)35-16-15-11(3)17(27)25(32)20-23(5)12(10(2)7-13(26)18(23)28)8-14(34-19(16)29)24(15,20)9-33-25/h7,11-12,14-18,20,27-28,31-32H,6,8-9H2,1-5H3/t11-,12+,14-,15-,16-,17-,18-,20-,22?,23-,24+,25?/m1/s1. The van der Waals surface area contributed by atoms with Crippen LogP contribution in [0.25, 0.3) is 0 Å². The molecule has 0 aromatic carbocycles. The van der Waals surface area contributed by atoms with Crippen molar-refractivity contribution in [2.24, 2.45) is 34.5 Å². The lowest BCUT2D eigenvalue weighted by molar-refractivity contribution is -0.340. The van der Waals surface area contributed by atoms with Gasteiger partial charge in [0, 0.05) is 22.7 Å². The van der Waals surface area contributed by atoms with E-state index in [9.17, 15) is 34.8 Å². The highest BCUT2D eigenvalue weighted by Crippen LogP contribution is 2.73. The Labute approximate surface area is 203 Å². The molecule has 2 unspecified atom stereocenters. The van der Waals surface area contributed by atoms with Crippen molar-refractivity contribution in [2.45, 2.75) is 83.3 Å². The van der Waals surface area contributed by atoms with Crippen LogP contribution in [0.2, 0.25) is 0 Å². The third kappa shape index (κ3) is 2.80. The smallest absolute Gasteiger partial charge is 0.348 e. The highest BCUT2D eigenvalue weighted by Gasteiger charge is 2.83. The van der Waals surface area contributed by atoms with Gasteiger partial charge in [-0.25, -0.2) is 9.59 Å². The van der Waals surface area contributed by atoms with Crippen LogP contribution in [0.15, 0.2) is 11.6 Å². The van der Waals surface area contributed by atoms with E-state index in [0.717, 1.165) is 0 Å². The second-order valence-electron chi connectivity index (χ2n) is 11.6. The van der Waals surface area contributed by atoms with Crippen molar-refractivity contribution in [1.29, 1.82) is 0 Å². The van der Waals surface area contributed by atoms with Crippen LogP contribution < -0.4 is 0 Å². The molecule has 2 aliphatic heterocycles. The maximum absolute atomic E-state index is 13.3. The molecular weight excluding hydrogens is 460 g/mol. The summed E-state index contributed by atoms with van der Waals surface area (Å²) in [6, 6.07) is 0. The summed E-state index contributed by atoms with van der Waals surface area (Å²) in [4.78, 5) is 38.8. The molecule has 0 aromatic rings. The molecule has 2 heterocycles. The quantitative estimate of drug-likeness (QED) is 0.389. The van der Waals surface area contributed by atoms with Gasteiger partial charge in [-0.2, -0.15) is 0 Å². The molecule has 2 bridgehead atoms. The second kappa shape index (κ2) is 7.35. The van der Waals surface area contributed by atoms with Crippen molar-refractivity contribution < 1.29 is 49.0 Å². The molecule has 5 aliphatic rings. The topological polar surface area (TPSA) is 160 Å². The molecular formula is C25H34O10. The largest absolute Gasteiger partial charge is 0.459 e. The van der Waals surface area contributed by atoms with Gasteiger partial charge in [0.1, 0.15) is 18.3 Å². The molecule has 0 radical (unpaired) electrons. The van der Waals surface area contributed by atoms with Gasteiger partial charge >= 0.3 is 11.9 Å². The lowest BCUT2D eigenvalue weighted by atomic mass is 9.38. The lowest BCUT2D eigenvalue weighted by Gasteiger charge is -2.68. The van der Waals surface area contributed by atoms with E-state index in [1.54, 1.807) is 27.7 Å². The number of allylic oxidation sites excluding steroid dienone is 1. The van der Waals surface area contributed by atoms with Crippen molar-refractivity contribution >= 4 is 17.7 Å². The molecule has 4 fully saturated rings. The summed E-state index contributed by atoms with van der Waals surface area (Å²) < 4.78 is 17.4. The molecule has 194 valence electrons. The number of hydrogen-bond donors (Lipinski definition) is 4. The summed E-state index contributed by atoms with van der Waals surface area (Å²) in [7, 11) is 0. The zero-order chi connectivity index (χ0) is 25.9. The number of rotatable bonds is 3. The summed E-state index contributed by atoms with van der Waals surface area (Å²) in [6.07, 6.45) is -3.51. The van der Waals surface area contributed by atoms with Crippen molar-refractivity contribution in [3.63, 3.8) is 0 Å². The summed E-state index contributed by atoms with van der Waals surface area (Å²) >= 11 is 0. The van der Waals surface area contributed by atoms with E-state index >= 15 is 0 Å². The van der Waals surface area contributed by atoms with Gasteiger partial charge in [-0.15, -0.1) is 0 Å². The van der Waals surface area contributed by atoms with Gasteiger partial charge in [-0.1, -0.05) is 26.3 Å². The van der Waals surface area contributed by atoms with E-state index in [-0.39, 0.29) is 19.4 Å². The maximum Gasteiger partial charge on any atom is 0.348 e. The number of ketones is 1. The minimum atomic E-state index is -2.12. The predicted octanol–water partition coefficient (Wildman–Crippen LogP) is -0.151. The number of aliphatic hydroxyl groups excluding tert-OH is 2. The predicted molar refractivity (Wildman–Crippen MR) is 117 cm³/mol. The van der Waals surface area contributed by atoms with Crippen LogP contribution in [0.1, 0.15) is 47.5 Å². The van der Waals surface area contributed by atoms with E-state index in [0.29, 0.717) is 5.57 Å². The van der Waals surface area contributed by atoms with Gasteiger partial charge in [0.05, 0.1) is 6.61 Å². The highest BCUT2D eigenvalue weighted by molar-refractivity contribution is 5.96. The minimum absolute atomic E-state index is 0.0510. The first-order valence-corrected chi connectivity index (χ1v) is 12.3. The zero-order valence-corrected chi connectivity index (χ0v) is 20.6. The van der Waals surface area contributed by atoms with Crippen molar-refractivity contribution in [3.8, 4) is 0 Å². The van der Waals surface area contributed by atoms with Gasteiger partial charge in [0.25, 0.3) is 0 Å². The average Bonchev–Trinajstić information content (AvgIpc) is 3.08. The van der Waals surface area contributed by atoms with E-state index in [2.05, 4.69) is 0 Å². The van der Waals surface area contributed by atoms with E-state index in [1.165, 1.54) is 13.0 Å². The van der Waals surface area contributed by atoms with Gasteiger partial charge in [-0.05, 0) is 44.6 Å². The Kier molecular flexibility index (Phi) is 5.21. The van der Waals surface area contributed by atoms with Crippen LogP contribution in [0.3, 0.4) is 0 Å². The molecule has 4 N–H and O–H groups in total. The van der Waals surface area contributed by atoms with Gasteiger partial charge < -0.3 is 34.6 Å². The molecule has 1 spiro atoms.